The van der Waals surface area contributed by atoms with Crippen molar-refractivity contribution in [2.75, 3.05) is 22.5 Å². The van der Waals surface area contributed by atoms with Crippen LogP contribution in [0.1, 0.15) is 18.9 Å². The van der Waals surface area contributed by atoms with E-state index in [0.29, 0.717) is 29.9 Å². The van der Waals surface area contributed by atoms with Gasteiger partial charge in [0, 0.05) is 37.0 Å². The monoisotopic (exact) mass is 322 g/mol. The van der Waals surface area contributed by atoms with Gasteiger partial charge in [-0.25, -0.2) is 0 Å². The molecule has 2 rings (SSSR count). The molecule has 0 atom stereocenters. The Labute approximate surface area is 140 Å². The normalized spacial score (nSPS) is 9.67. The standard InChI is InChI=1S/C18H18N4O2/c1-13(23)21-15-5-7-16(8-6-15)22-18(24)9-10-20-17-4-2-3-14(11-17)12-19/h2-8,11,20H,9-10H2,1H3,(H,21,23)(H,22,24). The Morgan fingerprint density at radius 1 is 1.00 bits per heavy atom. The van der Waals surface area contributed by atoms with Gasteiger partial charge in [0.1, 0.15) is 0 Å². The Kier molecular flexibility index (Phi) is 5.92. The summed E-state index contributed by atoms with van der Waals surface area (Å²) in [7, 11) is 0. The van der Waals surface area contributed by atoms with Crippen molar-refractivity contribution in [3.63, 3.8) is 0 Å². The van der Waals surface area contributed by atoms with Gasteiger partial charge in [-0.05, 0) is 42.5 Å². The molecule has 0 spiro atoms. The van der Waals surface area contributed by atoms with E-state index in [-0.39, 0.29) is 11.8 Å². The second-order valence-corrected chi connectivity index (χ2v) is 5.18. The van der Waals surface area contributed by atoms with Crippen LogP contribution in [-0.2, 0) is 9.59 Å². The number of hydrogen-bond acceptors (Lipinski definition) is 4. The molecule has 6 nitrogen and oxygen atoms in total. The van der Waals surface area contributed by atoms with Crippen LogP contribution in [0.15, 0.2) is 48.5 Å². The van der Waals surface area contributed by atoms with E-state index in [1.165, 1.54) is 6.92 Å². The van der Waals surface area contributed by atoms with E-state index in [1.54, 1.807) is 42.5 Å². The summed E-state index contributed by atoms with van der Waals surface area (Å²) in [4.78, 5) is 22.9. The van der Waals surface area contributed by atoms with Crippen LogP contribution >= 0.6 is 0 Å². The van der Waals surface area contributed by atoms with Gasteiger partial charge in [-0.15, -0.1) is 0 Å². The van der Waals surface area contributed by atoms with Gasteiger partial charge in [-0.1, -0.05) is 6.07 Å². The molecule has 2 amide bonds. The summed E-state index contributed by atoms with van der Waals surface area (Å²) < 4.78 is 0. The molecule has 0 aliphatic rings. The number of carbonyl (C=O) groups is 2. The van der Waals surface area contributed by atoms with Crippen LogP contribution in [0.25, 0.3) is 0 Å². The molecule has 0 heterocycles. The number of amides is 2. The minimum Gasteiger partial charge on any atom is -0.384 e. The van der Waals surface area contributed by atoms with Crippen LogP contribution in [0.4, 0.5) is 17.1 Å². The largest absolute Gasteiger partial charge is 0.384 e. The lowest BCUT2D eigenvalue weighted by molar-refractivity contribution is -0.116. The Balaban J connectivity index is 1.78. The van der Waals surface area contributed by atoms with Crippen LogP contribution in [-0.4, -0.2) is 18.4 Å². The van der Waals surface area contributed by atoms with Gasteiger partial charge in [0.05, 0.1) is 11.6 Å². The zero-order valence-corrected chi connectivity index (χ0v) is 13.3. The van der Waals surface area contributed by atoms with Crippen molar-refractivity contribution < 1.29 is 9.59 Å². The predicted octanol–water partition coefficient (Wildman–Crippen LogP) is 2.96. The van der Waals surface area contributed by atoms with Crippen molar-refractivity contribution in [1.29, 1.82) is 5.26 Å². The van der Waals surface area contributed by atoms with E-state index in [2.05, 4.69) is 22.0 Å². The molecule has 0 aliphatic carbocycles. The maximum Gasteiger partial charge on any atom is 0.226 e. The molecular weight excluding hydrogens is 304 g/mol. The minimum atomic E-state index is -0.140. The highest BCUT2D eigenvalue weighted by Gasteiger charge is 2.03. The molecule has 0 fully saturated rings. The Morgan fingerprint density at radius 2 is 1.67 bits per heavy atom. The Morgan fingerprint density at radius 3 is 2.29 bits per heavy atom. The molecule has 0 aliphatic heterocycles. The van der Waals surface area contributed by atoms with Gasteiger partial charge < -0.3 is 16.0 Å². The Hall–Kier alpha value is -3.33. The lowest BCUT2D eigenvalue weighted by Gasteiger charge is -2.08. The van der Waals surface area contributed by atoms with Crippen LogP contribution in [0.3, 0.4) is 0 Å². The maximum atomic E-state index is 11.9. The fourth-order valence-corrected chi connectivity index (χ4v) is 2.08. The molecule has 3 N–H and O–H groups in total. The van der Waals surface area contributed by atoms with Crippen molar-refractivity contribution in [2.45, 2.75) is 13.3 Å². The SMILES string of the molecule is CC(=O)Nc1ccc(NC(=O)CCNc2cccc(C#N)c2)cc1. The molecule has 24 heavy (non-hydrogen) atoms. The number of hydrogen-bond donors (Lipinski definition) is 3. The first-order chi connectivity index (χ1) is 11.6. The zero-order chi connectivity index (χ0) is 17.4. The fraction of sp³-hybridized carbons (Fsp3) is 0.167. The molecule has 0 aromatic heterocycles. The van der Waals surface area contributed by atoms with Gasteiger partial charge in [0.2, 0.25) is 11.8 Å². The van der Waals surface area contributed by atoms with Crippen molar-refractivity contribution in [3.05, 3.63) is 54.1 Å². The molecule has 0 radical (unpaired) electrons. The first kappa shape index (κ1) is 17.0. The van der Waals surface area contributed by atoms with E-state index in [4.69, 9.17) is 5.26 Å². The first-order valence-corrected chi connectivity index (χ1v) is 7.48. The summed E-state index contributed by atoms with van der Waals surface area (Å²) >= 11 is 0. The first-order valence-electron chi connectivity index (χ1n) is 7.48. The molecule has 0 saturated carbocycles. The molecule has 2 aromatic rings. The van der Waals surface area contributed by atoms with Crippen LogP contribution in [0, 0.1) is 11.3 Å². The van der Waals surface area contributed by atoms with Gasteiger partial charge >= 0.3 is 0 Å². The number of nitrogens with one attached hydrogen (secondary N) is 3. The van der Waals surface area contributed by atoms with Crippen molar-refractivity contribution in [2.24, 2.45) is 0 Å². The quantitative estimate of drug-likeness (QED) is 0.762. The number of nitrogens with zero attached hydrogens (tertiary/aromatic N) is 1. The second-order valence-electron chi connectivity index (χ2n) is 5.18. The lowest BCUT2D eigenvalue weighted by atomic mass is 10.2. The van der Waals surface area contributed by atoms with Gasteiger partial charge in [-0.3, -0.25) is 9.59 Å². The minimum absolute atomic E-state index is 0.119. The highest BCUT2D eigenvalue weighted by atomic mass is 16.2. The summed E-state index contributed by atoms with van der Waals surface area (Å²) in [6.07, 6.45) is 0.296. The third-order valence-electron chi connectivity index (χ3n) is 3.16. The van der Waals surface area contributed by atoms with E-state index in [1.807, 2.05) is 6.07 Å². The summed E-state index contributed by atoms with van der Waals surface area (Å²) in [6, 6.07) is 16.1. The summed E-state index contributed by atoms with van der Waals surface area (Å²) in [5.74, 6) is -0.260. The molecule has 6 heteroatoms. The van der Waals surface area contributed by atoms with Crippen molar-refractivity contribution in [1.82, 2.24) is 0 Å². The summed E-state index contributed by atoms with van der Waals surface area (Å²) in [5.41, 5.74) is 2.73. The lowest BCUT2D eigenvalue weighted by Crippen LogP contribution is -2.16. The van der Waals surface area contributed by atoms with Crippen LogP contribution in [0.2, 0.25) is 0 Å². The van der Waals surface area contributed by atoms with E-state index < -0.39 is 0 Å². The molecule has 122 valence electrons. The highest BCUT2D eigenvalue weighted by molar-refractivity contribution is 5.92. The average Bonchev–Trinajstić information content (AvgIpc) is 2.56. The highest BCUT2D eigenvalue weighted by Crippen LogP contribution is 2.14. The molecular formula is C18H18N4O2. The molecule has 0 saturated heterocycles. The number of rotatable bonds is 6. The van der Waals surface area contributed by atoms with Gasteiger partial charge in [0.15, 0.2) is 0 Å². The Bertz CT molecular complexity index is 763. The predicted molar refractivity (Wildman–Crippen MR) is 93.6 cm³/mol. The summed E-state index contributed by atoms with van der Waals surface area (Å²) in [6.45, 7) is 1.90. The molecule has 0 bridgehead atoms. The second kappa shape index (κ2) is 8.34. The smallest absolute Gasteiger partial charge is 0.226 e. The van der Waals surface area contributed by atoms with E-state index >= 15 is 0 Å². The molecule has 2 aromatic carbocycles. The zero-order valence-electron chi connectivity index (χ0n) is 13.3. The average molecular weight is 322 g/mol. The molecule has 0 unspecified atom stereocenters. The maximum absolute atomic E-state index is 11.9. The fourth-order valence-electron chi connectivity index (χ4n) is 2.08. The summed E-state index contributed by atoms with van der Waals surface area (Å²) in [5, 5.41) is 17.4. The number of carbonyl (C=O) groups excluding carboxylic acids is 2. The third kappa shape index (κ3) is 5.46. The van der Waals surface area contributed by atoms with Crippen LogP contribution < -0.4 is 16.0 Å². The van der Waals surface area contributed by atoms with E-state index in [9.17, 15) is 9.59 Å². The van der Waals surface area contributed by atoms with Crippen molar-refractivity contribution in [3.8, 4) is 6.07 Å². The van der Waals surface area contributed by atoms with Crippen LogP contribution in [0.5, 0.6) is 0 Å². The van der Waals surface area contributed by atoms with Gasteiger partial charge in [-0.2, -0.15) is 5.26 Å². The number of nitriles is 1. The number of anilines is 3. The van der Waals surface area contributed by atoms with Gasteiger partial charge in [0.25, 0.3) is 0 Å². The van der Waals surface area contributed by atoms with Crippen molar-refractivity contribution >= 4 is 28.9 Å². The topological polar surface area (TPSA) is 94.0 Å². The number of benzene rings is 2. The third-order valence-corrected chi connectivity index (χ3v) is 3.16. The van der Waals surface area contributed by atoms with E-state index in [0.717, 1.165) is 5.69 Å².